The number of Topliss-reactive ketones (excluding diaryl/α,β-unsaturated/α-hetero) is 1. The van der Waals surface area contributed by atoms with Crippen molar-refractivity contribution in [2.45, 2.75) is 93.8 Å². The molecule has 3 aromatic rings. The number of amides is 1. The van der Waals surface area contributed by atoms with Crippen LogP contribution in [0, 0.1) is 26.2 Å². The van der Waals surface area contributed by atoms with Gasteiger partial charge in [-0.15, -0.1) is 0 Å². The van der Waals surface area contributed by atoms with Gasteiger partial charge in [0.05, 0.1) is 12.2 Å². The Labute approximate surface area is 234 Å². The molecule has 0 aliphatic carbocycles. The molecule has 39 heavy (non-hydrogen) atoms. The number of aryl methyl sites for hydroxylation is 3. The van der Waals surface area contributed by atoms with Gasteiger partial charge >= 0.3 is 0 Å². The zero-order valence-corrected chi connectivity index (χ0v) is 25.0. The molecule has 0 fully saturated rings. The maximum atomic E-state index is 12.8. The topological polar surface area (TPSA) is 75.4 Å². The maximum Gasteiger partial charge on any atom is 0.234 e. The van der Waals surface area contributed by atoms with E-state index in [1.54, 1.807) is 0 Å². The lowest BCUT2D eigenvalue weighted by Crippen LogP contribution is -2.39. The number of benzene rings is 2. The van der Waals surface area contributed by atoms with Crippen LogP contribution in [-0.4, -0.2) is 34.2 Å². The fraction of sp³-hybridized carbons (Fsp3) is 0.485. The van der Waals surface area contributed by atoms with Gasteiger partial charge in [0.15, 0.2) is 0 Å². The van der Waals surface area contributed by atoms with Gasteiger partial charge in [-0.25, -0.2) is 4.98 Å². The molecule has 6 heteroatoms. The first-order chi connectivity index (χ1) is 18.4. The van der Waals surface area contributed by atoms with E-state index in [9.17, 15) is 9.59 Å². The highest BCUT2D eigenvalue weighted by molar-refractivity contribution is 5.84. The van der Waals surface area contributed by atoms with Crippen LogP contribution in [0.2, 0.25) is 0 Å². The van der Waals surface area contributed by atoms with Crippen molar-refractivity contribution in [2.24, 2.45) is 5.41 Å². The molecular formula is C33H45N3O3. The molecular weight excluding hydrogens is 486 g/mol. The second-order valence-electron chi connectivity index (χ2n) is 11.7. The zero-order valence-electron chi connectivity index (χ0n) is 25.0. The molecule has 0 saturated carbocycles. The molecule has 0 atom stereocenters. The minimum Gasteiger partial charge on any atom is -0.441 e. The van der Waals surface area contributed by atoms with Crippen LogP contribution in [0.15, 0.2) is 46.9 Å². The highest BCUT2D eigenvalue weighted by Gasteiger charge is 2.28. The fourth-order valence-corrected chi connectivity index (χ4v) is 5.05. The van der Waals surface area contributed by atoms with Gasteiger partial charge < -0.3 is 9.73 Å². The predicted molar refractivity (Wildman–Crippen MR) is 157 cm³/mol. The van der Waals surface area contributed by atoms with Gasteiger partial charge in [-0.3, -0.25) is 14.5 Å². The lowest BCUT2D eigenvalue weighted by Gasteiger charge is -2.26. The van der Waals surface area contributed by atoms with Crippen LogP contribution in [0.25, 0.3) is 11.5 Å². The van der Waals surface area contributed by atoms with Crippen LogP contribution < -0.4 is 5.32 Å². The van der Waals surface area contributed by atoms with Crippen LogP contribution in [0.3, 0.4) is 0 Å². The van der Waals surface area contributed by atoms with E-state index >= 15 is 0 Å². The summed E-state index contributed by atoms with van der Waals surface area (Å²) in [7, 11) is 0. The largest absolute Gasteiger partial charge is 0.441 e. The molecule has 0 aliphatic heterocycles. The molecule has 2 aromatic carbocycles. The summed E-state index contributed by atoms with van der Waals surface area (Å²) in [5, 5.41) is 3.01. The molecule has 1 aromatic heterocycles. The van der Waals surface area contributed by atoms with Crippen LogP contribution in [-0.2, 0) is 29.1 Å². The number of nitrogens with zero attached hydrogens (tertiary/aromatic N) is 2. The van der Waals surface area contributed by atoms with E-state index in [1.165, 1.54) is 16.7 Å². The van der Waals surface area contributed by atoms with Crippen molar-refractivity contribution in [3.8, 4) is 11.5 Å². The van der Waals surface area contributed by atoms with Gasteiger partial charge in [-0.2, -0.15) is 0 Å². The Kier molecular flexibility index (Phi) is 10.3. The Morgan fingerprint density at radius 2 is 1.67 bits per heavy atom. The van der Waals surface area contributed by atoms with E-state index in [1.807, 2.05) is 51.1 Å². The molecule has 1 amide bonds. The third-order valence-corrected chi connectivity index (χ3v) is 7.12. The average molecular weight is 532 g/mol. The number of carbonyl (C=O) groups excluding carboxylic acids is 2. The van der Waals surface area contributed by atoms with E-state index in [0.717, 1.165) is 35.4 Å². The van der Waals surface area contributed by atoms with Gasteiger partial charge in [0, 0.05) is 36.5 Å². The first kappa shape index (κ1) is 30.3. The summed E-state index contributed by atoms with van der Waals surface area (Å²) >= 11 is 0. The average Bonchev–Trinajstić information content (AvgIpc) is 3.21. The SMILES string of the molecule is CCCC(=O)C(C)(C)Cc1c(C)cc(CN(CC(=O)NC(C)C)Cc2nc(-c3ccccc3)oc2C)cc1C. The molecule has 1 heterocycles. The van der Waals surface area contributed by atoms with E-state index < -0.39 is 5.41 Å². The summed E-state index contributed by atoms with van der Waals surface area (Å²) < 4.78 is 5.99. The van der Waals surface area contributed by atoms with Crippen LogP contribution in [0.5, 0.6) is 0 Å². The number of aromatic nitrogens is 1. The molecule has 3 rings (SSSR count). The molecule has 210 valence electrons. The first-order valence-corrected chi connectivity index (χ1v) is 14.0. The molecule has 0 spiro atoms. The van der Waals surface area contributed by atoms with E-state index in [-0.39, 0.29) is 18.5 Å². The summed E-state index contributed by atoms with van der Waals surface area (Å²) in [4.78, 5) is 32.4. The number of hydrogen-bond donors (Lipinski definition) is 1. The third kappa shape index (κ3) is 8.37. The highest BCUT2D eigenvalue weighted by atomic mass is 16.4. The van der Waals surface area contributed by atoms with Crippen molar-refractivity contribution in [2.75, 3.05) is 6.54 Å². The Balaban J connectivity index is 1.85. The summed E-state index contributed by atoms with van der Waals surface area (Å²) in [5.41, 5.74) is 6.08. The summed E-state index contributed by atoms with van der Waals surface area (Å²) in [6.45, 7) is 17.6. The Morgan fingerprint density at radius 1 is 1.03 bits per heavy atom. The van der Waals surface area contributed by atoms with Crippen molar-refractivity contribution in [1.29, 1.82) is 0 Å². The monoisotopic (exact) mass is 531 g/mol. The van der Waals surface area contributed by atoms with Gasteiger partial charge in [-0.1, -0.05) is 51.1 Å². The van der Waals surface area contributed by atoms with Crippen LogP contribution >= 0.6 is 0 Å². The molecule has 6 nitrogen and oxygen atoms in total. The highest BCUT2D eigenvalue weighted by Crippen LogP contribution is 2.30. The second kappa shape index (κ2) is 13.2. The fourth-order valence-electron chi connectivity index (χ4n) is 5.05. The minimum atomic E-state index is -0.394. The lowest BCUT2D eigenvalue weighted by molar-refractivity contribution is -0.127. The number of rotatable bonds is 13. The Hall–Kier alpha value is -3.25. The van der Waals surface area contributed by atoms with Gasteiger partial charge in [0.1, 0.15) is 11.5 Å². The first-order valence-electron chi connectivity index (χ1n) is 14.0. The number of nitrogens with one attached hydrogen (secondary N) is 1. The van der Waals surface area contributed by atoms with Crippen molar-refractivity contribution in [1.82, 2.24) is 15.2 Å². The zero-order chi connectivity index (χ0) is 28.7. The molecule has 0 bridgehead atoms. The number of hydrogen-bond acceptors (Lipinski definition) is 5. The Bertz CT molecular complexity index is 1250. The van der Waals surface area contributed by atoms with Crippen LogP contribution in [0.1, 0.15) is 81.2 Å². The standard InChI is InChI=1S/C33H45N3O3/c1-9-13-30(37)33(7,8)18-28-23(4)16-26(17-24(28)5)19-36(21-31(38)34-22(2)3)20-29-25(6)39-32(35-29)27-14-11-10-12-15-27/h10-12,14-17,22H,9,13,18-21H2,1-8H3,(H,34,38). The van der Waals surface area contributed by atoms with Gasteiger partial charge in [0.25, 0.3) is 0 Å². The second-order valence-corrected chi connectivity index (χ2v) is 11.7. The molecule has 1 N–H and O–H groups in total. The van der Waals surface area contributed by atoms with Crippen LogP contribution in [0.4, 0.5) is 0 Å². The summed E-state index contributed by atoms with van der Waals surface area (Å²) in [6, 6.07) is 14.3. The third-order valence-electron chi connectivity index (χ3n) is 7.12. The minimum absolute atomic E-state index is 0.0179. The van der Waals surface area contributed by atoms with Crippen molar-refractivity contribution in [3.63, 3.8) is 0 Å². The smallest absolute Gasteiger partial charge is 0.234 e. The number of ketones is 1. The molecule has 0 radical (unpaired) electrons. The quantitative estimate of drug-likeness (QED) is 0.265. The molecule has 0 unspecified atom stereocenters. The van der Waals surface area contributed by atoms with E-state index in [2.05, 4.69) is 57.0 Å². The van der Waals surface area contributed by atoms with Crippen molar-refractivity contribution < 1.29 is 14.0 Å². The summed E-state index contributed by atoms with van der Waals surface area (Å²) in [5.74, 6) is 1.64. The van der Waals surface area contributed by atoms with E-state index in [0.29, 0.717) is 31.2 Å². The Morgan fingerprint density at radius 3 is 2.26 bits per heavy atom. The van der Waals surface area contributed by atoms with Gasteiger partial charge in [-0.05, 0) is 81.8 Å². The van der Waals surface area contributed by atoms with Crippen molar-refractivity contribution in [3.05, 3.63) is 76.2 Å². The molecule has 0 saturated heterocycles. The lowest BCUT2D eigenvalue weighted by atomic mass is 9.78. The number of carbonyl (C=O) groups is 2. The summed E-state index contributed by atoms with van der Waals surface area (Å²) in [6.07, 6.45) is 2.21. The number of oxazole rings is 1. The van der Waals surface area contributed by atoms with E-state index in [4.69, 9.17) is 9.40 Å². The van der Waals surface area contributed by atoms with Gasteiger partial charge in [0.2, 0.25) is 11.8 Å². The van der Waals surface area contributed by atoms with Crippen molar-refractivity contribution >= 4 is 11.7 Å². The maximum absolute atomic E-state index is 12.8. The normalized spacial score (nSPS) is 11.8. The predicted octanol–water partition coefficient (Wildman–Crippen LogP) is 6.73. The molecule has 0 aliphatic rings.